The number of anilines is 1. The molecule has 0 aliphatic heterocycles. The minimum Gasteiger partial charge on any atom is -0.391 e. The summed E-state index contributed by atoms with van der Waals surface area (Å²) in [6, 6.07) is 7.32. The van der Waals surface area contributed by atoms with Crippen LogP contribution in [0.25, 0.3) is 0 Å². The largest absolute Gasteiger partial charge is 0.391 e. The fourth-order valence-corrected chi connectivity index (χ4v) is 2.70. The molecule has 0 saturated heterocycles. The number of carbonyl (C=O) groups is 1. The van der Waals surface area contributed by atoms with Crippen LogP contribution in [-0.2, 0) is 0 Å². The highest BCUT2D eigenvalue weighted by Crippen LogP contribution is 2.19. The number of urea groups is 1. The summed E-state index contributed by atoms with van der Waals surface area (Å²) in [4.78, 5) is 13.0. The molecule has 1 saturated carbocycles. The summed E-state index contributed by atoms with van der Waals surface area (Å²) in [5.41, 5.74) is 0.764. The Kier molecular flexibility index (Phi) is 5.10. The van der Waals surface area contributed by atoms with Gasteiger partial charge >= 0.3 is 6.03 Å². The van der Waals surface area contributed by atoms with E-state index in [-0.39, 0.29) is 12.1 Å². The molecular weight excluding hydrogens is 260 g/mol. The van der Waals surface area contributed by atoms with Gasteiger partial charge < -0.3 is 15.7 Å². The van der Waals surface area contributed by atoms with Crippen molar-refractivity contribution in [1.82, 2.24) is 5.32 Å². The third-order valence-corrected chi connectivity index (χ3v) is 4.14. The monoisotopic (exact) mass is 280 g/mol. The Morgan fingerprint density at radius 1 is 1.26 bits per heavy atom. The average Bonchev–Trinajstić information content (AvgIpc) is 2.42. The van der Waals surface area contributed by atoms with E-state index >= 15 is 0 Å². The highest BCUT2D eigenvalue weighted by molar-refractivity contribution is 7.98. The van der Waals surface area contributed by atoms with E-state index in [1.165, 1.54) is 0 Å². The molecule has 2 atom stereocenters. The maximum Gasteiger partial charge on any atom is 0.319 e. The molecular formula is C14H20N2O2S. The maximum absolute atomic E-state index is 11.8. The molecule has 19 heavy (non-hydrogen) atoms. The topological polar surface area (TPSA) is 61.4 Å². The minimum atomic E-state index is -0.418. The van der Waals surface area contributed by atoms with Gasteiger partial charge in [-0.3, -0.25) is 0 Å². The highest BCUT2D eigenvalue weighted by Gasteiger charge is 2.24. The molecule has 0 spiro atoms. The van der Waals surface area contributed by atoms with Gasteiger partial charge in [-0.25, -0.2) is 4.79 Å². The van der Waals surface area contributed by atoms with E-state index in [2.05, 4.69) is 10.6 Å². The zero-order valence-electron chi connectivity index (χ0n) is 11.1. The predicted octanol–water partition coefficient (Wildman–Crippen LogP) is 2.83. The number of thioether (sulfide) groups is 1. The van der Waals surface area contributed by atoms with E-state index in [0.717, 1.165) is 36.3 Å². The fourth-order valence-electron chi connectivity index (χ4n) is 2.29. The SMILES string of the molecule is CSc1ccc(NC(=O)NC2CCCCC2O)cc1. The fraction of sp³-hybridized carbons (Fsp3) is 0.500. The number of carbonyl (C=O) groups excluding carboxylic acids is 1. The summed E-state index contributed by atoms with van der Waals surface area (Å²) in [5.74, 6) is 0. The maximum atomic E-state index is 11.8. The Labute approximate surface area is 118 Å². The van der Waals surface area contributed by atoms with Gasteiger partial charge in [-0.15, -0.1) is 11.8 Å². The van der Waals surface area contributed by atoms with Crippen LogP contribution < -0.4 is 10.6 Å². The summed E-state index contributed by atoms with van der Waals surface area (Å²) in [7, 11) is 0. The Hall–Kier alpha value is -1.20. The van der Waals surface area contributed by atoms with Gasteiger partial charge in [-0.1, -0.05) is 12.8 Å². The smallest absolute Gasteiger partial charge is 0.319 e. The van der Waals surface area contributed by atoms with Crippen LogP contribution in [0.2, 0.25) is 0 Å². The zero-order chi connectivity index (χ0) is 13.7. The second kappa shape index (κ2) is 6.82. The number of rotatable bonds is 3. The summed E-state index contributed by atoms with van der Waals surface area (Å²) in [6.45, 7) is 0. The first-order valence-electron chi connectivity index (χ1n) is 6.58. The lowest BCUT2D eigenvalue weighted by atomic mass is 9.93. The van der Waals surface area contributed by atoms with Crippen molar-refractivity contribution in [1.29, 1.82) is 0 Å². The third kappa shape index (κ3) is 4.14. The van der Waals surface area contributed by atoms with E-state index in [1.807, 2.05) is 30.5 Å². The second-order valence-electron chi connectivity index (χ2n) is 4.79. The number of aliphatic hydroxyl groups is 1. The molecule has 2 rings (SSSR count). The first-order chi connectivity index (χ1) is 9.19. The Morgan fingerprint density at radius 3 is 2.58 bits per heavy atom. The first kappa shape index (κ1) is 14.2. The third-order valence-electron chi connectivity index (χ3n) is 3.39. The van der Waals surface area contributed by atoms with Crippen LogP contribution in [0.3, 0.4) is 0 Å². The number of aliphatic hydroxyl groups excluding tert-OH is 1. The Morgan fingerprint density at radius 2 is 1.95 bits per heavy atom. The minimum absolute atomic E-state index is 0.126. The van der Waals surface area contributed by atoms with Gasteiger partial charge in [0, 0.05) is 10.6 Å². The van der Waals surface area contributed by atoms with E-state index in [0.29, 0.717) is 0 Å². The summed E-state index contributed by atoms with van der Waals surface area (Å²) in [5, 5.41) is 15.4. The molecule has 1 fully saturated rings. The molecule has 1 aromatic carbocycles. The van der Waals surface area contributed by atoms with Gasteiger partial charge in [0.15, 0.2) is 0 Å². The van der Waals surface area contributed by atoms with Crippen molar-refractivity contribution >= 4 is 23.5 Å². The van der Waals surface area contributed by atoms with Crippen molar-refractivity contribution in [3.8, 4) is 0 Å². The molecule has 4 nitrogen and oxygen atoms in total. The summed E-state index contributed by atoms with van der Waals surface area (Å²) < 4.78 is 0. The molecule has 0 bridgehead atoms. The van der Waals surface area contributed by atoms with Crippen molar-refractivity contribution < 1.29 is 9.90 Å². The van der Waals surface area contributed by atoms with E-state index in [9.17, 15) is 9.90 Å². The van der Waals surface area contributed by atoms with Crippen LogP contribution in [0.15, 0.2) is 29.2 Å². The lowest BCUT2D eigenvalue weighted by molar-refractivity contribution is 0.0955. The molecule has 2 unspecified atom stereocenters. The molecule has 1 aliphatic carbocycles. The Bertz CT molecular complexity index is 422. The molecule has 1 aliphatic rings. The summed E-state index contributed by atoms with van der Waals surface area (Å²) in [6.07, 6.45) is 5.31. The van der Waals surface area contributed by atoms with Crippen LogP contribution in [0.1, 0.15) is 25.7 Å². The standard InChI is InChI=1S/C14H20N2O2S/c1-19-11-8-6-10(7-9-11)15-14(18)16-12-4-2-3-5-13(12)17/h6-9,12-13,17H,2-5H2,1H3,(H2,15,16,18). The molecule has 104 valence electrons. The molecule has 2 amide bonds. The van der Waals surface area contributed by atoms with Gasteiger partial charge in [-0.05, 0) is 43.4 Å². The first-order valence-corrected chi connectivity index (χ1v) is 7.81. The van der Waals surface area contributed by atoms with Gasteiger partial charge in [0.25, 0.3) is 0 Å². The lowest BCUT2D eigenvalue weighted by Crippen LogP contribution is -2.46. The average molecular weight is 280 g/mol. The molecule has 3 N–H and O–H groups in total. The quantitative estimate of drug-likeness (QED) is 0.746. The highest BCUT2D eigenvalue weighted by atomic mass is 32.2. The second-order valence-corrected chi connectivity index (χ2v) is 5.66. The number of amides is 2. The van der Waals surface area contributed by atoms with Crippen LogP contribution in [0, 0.1) is 0 Å². The lowest BCUT2D eigenvalue weighted by Gasteiger charge is -2.28. The number of hydrogen-bond acceptors (Lipinski definition) is 3. The molecule has 0 heterocycles. The molecule has 5 heteroatoms. The zero-order valence-corrected chi connectivity index (χ0v) is 11.9. The van der Waals surface area contributed by atoms with E-state index in [1.54, 1.807) is 11.8 Å². The van der Waals surface area contributed by atoms with Crippen LogP contribution in [-0.4, -0.2) is 29.5 Å². The van der Waals surface area contributed by atoms with Gasteiger partial charge in [0.05, 0.1) is 12.1 Å². The van der Waals surface area contributed by atoms with Gasteiger partial charge in [-0.2, -0.15) is 0 Å². The Balaban J connectivity index is 1.86. The number of hydrogen-bond donors (Lipinski definition) is 3. The predicted molar refractivity (Wildman–Crippen MR) is 78.6 cm³/mol. The molecule has 0 radical (unpaired) electrons. The van der Waals surface area contributed by atoms with Gasteiger partial charge in [0.1, 0.15) is 0 Å². The van der Waals surface area contributed by atoms with Crippen molar-refractivity contribution in [3.63, 3.8) is 0 Å². The van der Waals surface area contributed by atoms with Crippen LogP contribution in [0.5, 0.6) is 0 Å². The number of nitrogens with one attached hydrogen (secondary N) is 2. The van der Waals surface area contributed by atoms with Gasteiger partial charge in [0.2, 0.25) is 0 Å². The normalized spacial score (nSPS) is 22.8. The molecule has 0 aromatic heterocycles. The van der Waals surface area contributed by atoms with Crippen LogP contribution in [0.4, 0.5) is 10.5 Å². The van der Waals surface area contributed by atoms with Crippen LogP contribution >= 0.6 is 11.8 Å². The van der Waals surface area contributed by atoms with E-state index < -0.39 is 6.10 Å². The number of benzene rings is 1. The molecule has 1 aromatic rings. The van der Waals surface area contributed by atoms with Crippen molar-refractivity contribution in [2.75, 3.05) is 11.6 Å². The van der Waals surface area contributed by atoms with Crippen molar-refractivity contribution in [2.45, 2.75) is 42.7 Å². The summed E-state index contributed by atoms with van der Waals surface area (Å²) >= 11 is 1.66. The van der Waals surface area contributed by atoms with Crippen molar-refractivity contribution in [3.05, 3.63) is 24.3 Å². The van der Waals surface area contributed by atoms with E-state index in [4.69, 9.17) is 0 Å². The van der Waals surface area contributed by atoms with Crippen molar-refractivity contribution in [2.24, 2.45) is 0 Å².